The summed E-state index contributed by atoms with van der Waals surface area (Å²) in [6.45, 7) is 0.329. The lowest BCUT2D eigenvalue weighted by atomic mass is 9.97. The number of hydrogen-bond donors (Lipinski definition) is 1. The summed E-state index contributed by atoms with van der Waals surface area (Å²) in [7, 11) is 0. The molecule has 0 bridgehead atoms. The van der Waals surface area contributed by atoms with Crippen molar-refractivity contribution in [1.82, 2.24) is 4.90 Å². The monoisotopic (exact) mass is 332 g/mol. The third-order valence-electron chi connectivity index (χ3n) is 3.84. The number of primary amides is 1. The van der Waals surface area contributed by atoms with Crippen molar-refractivity contribution in [2.75, 3.05) is 6.54 Å². The molecule has 1 fully saturated rings. The average molecular weight is 332 g/mol. The number of piperidine rings is 1. The van der Waals surface area contributed by atoms with E-state index < -0.39 is 35.4 Å². The number of halogens is 4. The van der Waals surface area contributed by atoms with E-state index in [1.165, 1.54) is 4.90 Å². The molecule has 0 aromatic heterocycles. The molecular weight excluding hydrogens is 316 g/mol. The first kappa shape index (κ1) is 17.2. The smallest absolute Gasteiger partial charge is 0.370 e. The number of hydrogen-bond acceptors (Lipinski definition) is 2. The second-order valence-electron chi connectivity index (χ2n) is 5.51. The molecule has 2 rings (SSSR count). The first-order valence-electron chi connectivity index (χ1n) is 7.16. The van der Waals surface area contributed by atoms with Crippen molar-refractivity contribution in [1.29, 1.82) is 0 Å². The lowest BCUT2D eigenvalue weighted by molar-refractivity contribution is -0.140. The first-order chi connectivity index (χ1) is 10.7. The molecule has 1 heterocycles. The Balaban J connectivity index is 2.30. The molecule has 2 amide bonds. The lowest BCUT2D eigenvalue weighted by Gasteiger charge is -2.35. The van der Waals surface area contributed by atoms with Crippen LogP contribution in [0.1, 0.15) is 41.6 Å². The van der Waals surface area contributed by atoms with Gasteiger partial charge in [0.25, 0.3) is 5.91 Å². The Bertz CT molecular complexity index is 616. The molecule has 4 nitrogen and oxygen atoms in total. The minimum atomic E-state index is -4.88. The number of amides is 2. The van der Waals surface area contributed by atoms with Crippen molar-refractivity contribution in [2.45, 2.75) is 37.9 Å². The van der Waals surface area contributed by atoms with E-state index in [0.29, 0.717) is 31.5 Å². The topological polar surface area (TPSA) is 63.4 Å². The van der Waals surface area contributed by atoms with Gasteiger partial charge in [-0.15, -0.1) is 0 Å². The summed E-state index contributed by atoms with van der Waals surface area (Å²) < 4.78 is 51.6. The highest BCUT2D eigenvalue weighted by molar-refractivity contribution is 5.95. The summed E-state index contributed by atoms with van der Waals surface area (Å²) in [4.78, 5) is 24.9. The summed E-state index contributed by atoms with van der Waals surface area (Å²) in [5, 5.41) is 0. The van der Waals surface area contributed by atoms with Gasteiger partial charge < -0.3 is 10.6 Å². The van der Waals surface area contributed by atoms with Crippen LogP contribution in [0.4, 0.5) is 17.6 Å². The molecule has 1 unspecified atom stereocenters. The highest BCUT2D eigenvalue weighted by Crippen LogP contribution is 2.32. The summed E-state index contributed by atoms with van der Waals surface area (Å²) in [6.07, 6.45) is -2.87. The molecule has 2 N–H and O–H groups in total. The van der Waals surface area contributed by atoms with E-state index >= 15 is 0 Å². The van der Waals surface area contributed by atoms with Crippen molar-refractivity contribution in [3.05, 3.63) is 35.1 Å². The van der Waals surface area contributed by atoms with Gasteiger partial charge in [-0.1, -0.05) is 0 Å². The van der Waals surface area contributed by atoms with Crippen LogP contribution in [-0.4, -0.2) is 29.3 Å². The van der Waals surface area contributed by atoms with Gasteiger partial charge in [0.2, 0.25) is 5.91 Å². The van der Waals surface area contributed by atoms with Gasteiger partial charge in [0.1, 0.15) is 5.82 Å². The molecule has 1 saturated heterocycles. The maximum atomic E-state index is 13.3. The van der Waals surface area contributed by atoms with Crippen LogP contribution in [0.3, 0.4) is 0 Å². The van der Waals surface area contributed by atoms with Gasteiger partial charge in [0, 0.05) is 24.6 Å². The van der Waals surface area contributed by atoms with Crippen molar-refractivity contribution >= 4 is 11.8 Å². The minimum absolute atomic E-state index is 0.0426. The molecule has 126 valence electrons. The fourth-order valence-corrected chi connectivity index (χ4v) is 2.75. The van der Waals surface area contributed by atoms with Crippen LogP contribution in [0.15, 0.2) is 18.2 Å². The lowest BCUT2D eigenvalue weighted by Crippen LogP contribution is -2.45. The highest BCUT2D eigenvalue weighted by Gasteiger charge is 2.36. The van der Waals surface area contributed by atoms with E-state index in [1.54, 1.807) is 0 Å². The van der Waals surface area contributed by atoms with Gasteiger partial charge in [-0.05, 0) is 37.5 Å². The molecule has 1 aromatic carbocycles. The van der Waals surface area contributed by atoms with Crippen molar-refractivity contribution in [2.24, 2.45) is 5.73 Å². The first-order valence-corrected chi connectivity index (χ1v) is 7.16. The Morgan fingerprint density at radius 1 is 1.26 bits per heavy atom. The number of benzene rings is 1. The maximum Gasteiger partial charge on any atom is 0.419 e. The van der Waals surface area contributed by atoms with Gasteiger partial charge in [-0.2, -0.15) is 13.2 Å². The van der Waals surface area contributed by atoms with Crippen LogP contribution in [0.25, 0.3) is 0 Å². The van der Waals surface area contributed by atoms with Crippen LogP contribution < -0.4 is 5.73 Å². The standard InChI is InChI=1S/C15H16F4N2O2/c16-12-5-4-9(7-11(12)15(17,18)19)14(23)21-6-2-1-3-10(21)8-13(20)22/h4-5,7,10H,1-3,6,8H2,(H2,20,22). The average Bonchev–Trinajstić information content (AvgIpc) is 2.46. The van der Waals surface area contributed by atoms with E-state index in [9.17, 15) is 27.2 Å². The largest absolute Gasteiger partial charge is 0.419 e. The van der Waals surface area contributed by atoms with Crippen LogP contribution in [0.2, 0.25) is 0 Å². The Labute approximate surface area is 130 Å². The number of rotatable bonds is 3. The Morgan fingerprint density at radius 2 is 1.96 bits per heavy atom. The van der Waals surface area contributed by atoms with E-state index in [1.807, 2.05) is 0 Å². The molecule has 1 aliphatic rings. The van der Waals surface area contributed by atoms with E-state index in [4.69, 9.17) is 5.73 Å². The summed E-state index contributed by atoms with van der Waals surface area (Å²) >= 11 is 0. The molecule has 1 aliphatic heterocycles. The molecule has 0 radical (unpaired) electrons. The molecule has 0 aliphatic carbocycles. The zero-order valence-corrected chi connectivity index (χ0v) is 12.2. The zero-order valence-electron chi connectivity index (χ0n) is 12.2. The molecule has 0 spiro atoms. The van der Waals surface area contributed by atoms with Gasteiger partial charge >= 0.3 is 6.18 Å². The number of nitrogens with two attached hydrogens (primary N) is 1. The molecule has 1 aromatic rings. The van der Waals surface area contributed by atoms with Crippen LogP contribution >= 0.6 is 0 Å². The number of carbonyl (C=O) groups is 2. The van der Waals surface area contributed by atoms with Gasteiger partial charge in [0.15, 0.2) is 0 Å². The van der Waals surface area contributed by atoms with Crippen molar-refractivity contribution in [3.8, 4) is 0 Å². The number of likely N-dealkylation sites (tertiary alicyclic amines) is 1. The Morgan fingerprint density at radius 3 is 2.57 bits per heavy atom. The highest BCUT2D eigenvalue weighted by atomic mass is 19.4. The number of alkyl halides is 3. The van der Waals surface area contributed by atoms with Gasteiger partial charge in [-0.25, -0.2) is 4.39 Å². The molecule has 8 heteroatoms. The van der Waals surface area contributed by atoms with E-state index in [-0.39, 0.29) is 12.0 Å². The quantitative estimate of drug-likeness (QED) is 0.865. The molecule has 0 saturated carbocycles. The fourth-order valence-electron chi connectivity index (χ4n) is 2.75. The maximum absolute atomic E-state index is 13.3. The van der Waals surface area contributed by atoms with Crippen molar-refractivity contribution < 1.29 is 27.2 Å². The number of nitrogens with zero attached hydrogens (tertiary/aromatic N) is 1. The molecule has 1 atom stereocenters. The second-order valence-corrected chi connectivity index (χ2v) is 5.51. The van der Waals surface area contributed by atoms with Crippen molar-refractivity contribution in [3.63, 3.8) is 0 Å². The van der Waals surface area contributed by atoms with E-state index in [0.717, 1.165) is 12.5 Å². The predicted octanol–water partition coefficient (Wildman–Crippen LogP) is 2.71. The fraction of sp³-hybridized carbons (Fsp3) is 0.467. The van der Waals surface area contributed by atoms with Crippen LogP contribution in [0.5, 0.6) is 0 Å². The summed E-state index contributed by atoms with van der Waals surface area (Å²) in [5.74, 6) is -2.66. The SMILES string of the molecule is NC(=O)CC1CCCCN1C(=O)c1ccc(F)c(C(F)(F)F)c1. The zero-order chi connectivity index (χ0) is 17.2. The van der Waals surface area contributed by atoms with Gasteiger partial charge in [0.05, 0.1) is 5.56 Å². The number of carbonyl (C=O) groups excluding carboxylic acids is 2. The second kappa shape index (κ2) is 6.55. The predicted molar refractivity (Wildman–Crippen MR) is 73.9 cm³/mol. The molecule has 23 heavy (non-hydrogen) atoms. The summed E-state index contributed by atoms with van der Waals surface area (Å²) in [5.41, 5.74) is 3.42. The summed E-state index contributed by atoms with van der Waals surface area (Å²) in [6, 6.07) is 1.72. The Hall–Kier alpha value is -2.12. The van der Waals surface area contributed by atoms with Crippen LogP contribution in [-0.2, 0) is 11.0 Å². The minimum Gasteiger partial charge on any atom is -0.370 e. The third kappa shape index (κ3) is 4.00. The molecular formula is C15H16F4N2O2. The Kier molecular flexibility index (Phi) is 4.91. The third-order valence-corrected chi connectivity index (χ3v) is 3.84. The van der Waals surface area contributed by atoms with Gasteiger partial charge in [-0.3, -0.25) is 9.59 Å². The van der Waals surface area contributed by atoms with Crippen LogP contribution in [0, 0.1) is 5.82 Å². The van der Waals surface area contributed by atoms with E-state index in [2.05, 4.69) is 0 Å². The normalized spacial score (nSPS) is 18.8.